The number of aromatic nitrogens is 2. The molecule has 0 saturated carbocycles. The van der Waals surface area contributed by atoms with Crippen molar-refractivity contribution in [2.45, 2.75) is 25.3 Å². The van der Waals surface area contributed by atoms with Crippen molar-refractivity contribution in [3.8, 4) is 17.2 Å². The van der Waals surface area contributed by atoms with Gasteiger partial charge in [0, 0.05) is 38.8 Å². The highest BCUT2D eigenvalue weighted by molar-refractivity contribution is 7.89. The van der Waals surface area contributed by atoms with E-state index in [-0.39, 0.29) is 23.5 Å². The lowest BCUT2D eigenvalue weighted by Crippen LogP contribution is -2.50. The molecule has 10 nitrogen and oxygen atoms in total. The predicted molar refractivity (Wildman–Crippen MR) is 131 cm³/mol. The normalized spacial score (nSPS) is 16.5. The lowest BCUT2D eigenvalue weighted by molar-refractivity contribution is 0.172. The molecule has 1 aromatic heterocycles. The van der Waals surface area contributed by atoms with Gasteiger partial charge in [0.1, 0.15) is 23.9 Å². The fourth-order valence-corrected chi connectivity index (χ4v) is 6.19. The smallest absolute Gasteiger partial charge is 0.262 e. The third-order valence-electron chi connectivity index (χ3n) is 6.37. The number of rotatable bonds is 5. The topological polar surface area (TPSA) is 103 Å². The molecule has 0 atom stereocenters. The van der Waals surface area contributed by atoms with Crippen molar-refractivity contribution in [2.75, 3.05) is 51.4 Å². The average molecular weight is 501 g/mol. The second-order valence-electron chi connectivity index (χ2n) is 8.52. The number of methoxy groups -OCH3 is 1. The number of ether oxygens (including phenoxy) is 3. The zero-order valence-corrected chi connectivity index (χ0v) is 20.8. The average Bonchev–Trinajstić information content (AvgIpc) is 2.87. The molecule has 0 aliphatic carbocycles. The maximum atomic E-state index is 13.4. The summed E-state index contributed by atoms with van der Waals surface area (Å²) in [6.45, 7) is 6.38. The summed E-state index contributed by atoms with van der Waals surface area (Å²) in [6, 6.07) is 8.55. The quantitative estimate of drug-likeness (QED) is 0.524. The Kier molecular flexibility index (Phi) is 6.06. The number of hydrogen-bond donors (Lipinski definition) is 0. The Labute approximate surface area is 203 Å². The van der Waals surface area contributed by atoms with Gasteiger partial charge in [0.2, 0.25) is 16.0 Å². The van der Waals surface area contributed by atoms with Crippen LogP contribution in [-0.4, -0.2) is 68.8 Å². The third-order valence-corrected chi connectivity index (χ3v) is 8.29. The van der Waals surface area contributed by atoms with Gasteiger partial charge >= 0.3 is 0 Å². The van der Waals surface area contributed by atoms with Crippen LogP contribution < -0.4 is 24.7 Å². The largest absolute Gasteiger partial charge is 0.495 e. The van der Waals surface area contributed by atoms with Crippen molar-refractivity contribution >= 4 is 26.9 Å². The van der Waals surface area contributed by atoms with E-state index in [1.54, 1.807) is 28.8 Å². The molecule has 0 N–H and O–H groups in total. The minimum Gasteiger partial charge on any atom is -0.495 e. The van der Waals surface area contributed by atoms with Crippen molar-refractivity contribution < 1.29 is 22.6 Å². The monoisotopic (exact) mass is 500 g/mol. The first-order valence-corrected chi connectivity index (χ1v) is 13.0. The molecule has 0 bridgehead atoms. The van der Waals surface area contributed by atoms with E-state index in [2.05, 4.69) is 0 Å². The van der Waals surface area contributed by atoms with Crippen LogP contribution in [0.5, 0.6) is 17.2 Å². The Morgan fingerprint density at radius 1 is 1.03 bits per heavy atom. The highest BCUT2D eigenvalue weighted by Gasteiger charge is 2.32. The Bertz CT molecular complexity index is 1440. The van der Waals surface area contributed by atoms with Crippen molar-refractivity contribution in [3.63, 3.8) is 0 Å². The Morgan fingerprint density at radius 2 is 1.71 bits per heavy atom. The molecule has 2 aliphatic rings. The van der Waals surface area contributed by atoms with Crippen LogP contribution in [0.15, 0.2) is 40.0 Å². The second kappa shape index (κ2) is 9.04. The standard InChI is InChI=1S/C24H28N4O6S/c1-4-28-23(29)17-14-20-21(34-12-11-33-20)15-18(17)25-24(28)26-7-9-27(10-8-26)35(30,31)22-13-16(2)5-6-19(22)32-3/h5-6,13-15H,4,7-12H2,1-3H3. The number of piperazine rings is 1. The van der Waals surface area contributed by atoms with Crippen LogP contribution in [0.2, 0.25) is 0 Å². The summed E-state index contributed by atoms with van der Waals surface area (Å²) < 4.78 is 46.4. The van der Waals surface area contributed by atoms with Crippen LogP contribution in [-0.2, 0) is 16.6 Å². The van der Waals surface area contributed by atoms with Gasteiger partial charge in [-0.05, 0) is 37.6 Å². The highest BCUT2D eigenvalue weighted by atomic mass is 32.2. The fourth-order valence-electron chi connectivity index (χ4n) is 4.53. The van der Waals surface area contributed by atoms with E-state index in [0.29, 0.717) is 66.9 Å². The Morgan fingerprint density at radius 3 is 2.37 bits per heavy atom. The summed E-state index contributed by atoms with van der Waals surface area (Å²) in [6.07, 6.45) is 0. The molecule has 3 aromatic rings. The molecular weight excluding hydrogens is 472 g/mol. The molecule has 35 heavy (non-hydrogen) atoms. The van der Waals surface area contributed by atoms with Crippen LogP contribution in [0, 0.1) is 6.92 Å². The lowest BCUT2D eigenvalue weighted by atomic mass is 10.2. The predicted octanol–water partition coefficient (Wildman–Crippen LogP) is 2.02. The second-order valence-corrected chi connectivity index (χ2v) is 10.4. The summed E-state index contributed by atoms with van der Waals surface area (Å²) in [7, 11) is -2.28. The van der Waals surface area contributed by atoms with Gasteiger partial charge in [0.15, 0.2) is 11.5 Å². The van der Waals surface area contributed by atoms with Crippen LogP contribution in [0.4, 0.5) is 5.95 Å². The molecule has 0 unspecified atom stereocenters. The van der Waals surface area contributed by atoms with Gasteiger partial charge in [-0.3, -0.25) is 9.36 Å². The number of aryl methyl sites for hydroxylation is 1. The van der Waals surface area contributed by atoms with Gasteiger partial charge in [-0.2, -0.15) is 4.31 Å². The van der Waals surface area contributed by atoms with Crippen molar-refractivity contribution in [1.82, 2.24) is 13.9 Å². The van der Waals surface area contributed by atoms with Gasteiger partial charge in [-0.1, -0.05) is 6.07 Å². The highest BCUT2D eigenvalue weighted by Crippen LogP contribution is 2.34. The first-order valence-electron chi connectivity index (χ1n) is 11.6. The number of nitrogens with zero attached hydrogens (tertiary/aromatic N) is 4. The van der Waals surface area contributed by atoms with Crippen LogP contribution >= 0.6 is 0 Å². The zero-order chi connectivity index (χ0) is 24.7. The first kappa shape index (κ1) is 23.4. The number of fused-ring (bicyclic) bond motifs is 2. The molecule has 186 valence electrons. The number of benzene rings is 2. The van der Waals surface area contributed by atoms with Gasteiger partial charge in [-0.15, -0.1) is 0 Å². The maximum absolute atomic E-state index is 13.4. The minimum absolute atomic E-state index is 0.162. The van der Waals surface area contributed by atoms with Crippen LogP contribution in [0.25, 0.3) is 10.9 Å². The zero-order valence-electron chi connectivity index (χ0n) is 20.0. The van der Waals surface area contributed by atoms with E-state index in [0.717, 1.165) is 5.56 Å². The molecule has 1 saturated heterocycles. The van der Waals surface area contributed by atoms with Crippen molar-refractivity contribution in [2.24, 2.45) is 0 Å². The summed E-state index contributed by atoms with van der Waals surface area (Å²) in [5.74, 6) is 1.96. The molecule has 2 aromatic carbocycles. The molecule has 1 fully saturated rings. The van der Waals surface area contributed by atoms with Gasteiger partial charge in [0.05, 0.1) is 18.0 Å². The van der Waals surface area contributed by atoms with Gasteiger partial charge < -0.3 is 19.1 Å². The molecule has 0 amide bonds. The lowest BCUT2D eigenvalue weighted by Gasteiger charge is -2.35. The van der Waals surface area contributed by atoms with E-state index in [4.69, 9.17) is 19.2 Å². The molecule has 5 rings (SSSR count). The summed E-state index contributed by atoms with van der Waals surface area (Å²) in [5, 5.41) is 0.465. The molecule has 0 radical (unpaired) electrons. The number of hydrogen-bond acceptors (Lipinski definition) is 8. The van der Waals surface area contributed by atoms with Crippen molar-refractivity contribution in [3.05, 3.63) is 46.2 Å². The molecule has 0 spiro atoms. The van der Waals surface area contributed by atoms with Gasteiger partial charge in [0.25, 0.3) is 5.56 Å². The molecule has 2 aliphatic heterocycles. The minimum atomic E-state index is -3.74. The summed E-state index contributed by atoms with van der Waals surface area (Å²) in [5.41, 5.74) is 1.20. The maximum Gasteiger partial charge on any atom is 0.262 e. The first-order chi connectivity index (χ1) is 16.8. The van der Waals surface area contributed by atoms with E-state index in [1.165, 1.54) is 11.4 Å². The Hall–Kier alpha value is -3.31. The van der Waals surface area contributed by atoms with E-state index in [1.807, 2.05) is 24.8 Å². The van der Waals surface area contributed by atoms with Crippen LogP contribution in [0.3, 0.4) is 0 Å². The molecular formula is C24H28N4O6S. The number of anilines is 1. The third kappa shape index (κ3) is 4.08. The van der Waals surface area contributed by atoms with E-state index >= 15 is 0 Å². The van der Waals surface area contributed by atoms with Gasteiger partial charge in [-0.25, -0.2) is 13.4 Å². The molecule has 11 heteroatoms. The summed E-state index contributed by atoms with van der Waals surface area (Å²) in [4.78, 5) is 20.2. The van der Waals surface area contributed by atoms with E-state index in [9.17, 15) is 13.2 Å². The summed E-state index contributed by atoms with van der Waals surface area (Å²) >= 11 is 0. The van der Waals surface area contributed by atoms with Crippen molar-refractivity contribution in [1.29, 1.82) is 0 Å². The van der Waals surface area contributed by atoms with Crippen LogP contribution in [0.1, 0.15) is 12.5 Å². The fraction of sp³-hybridized carbons (Fsp3) is 0.417. The SMILES string of the molecule is CCn1c(N2CCN(S(=O)(=O)c3cc(C)ccc3OC)CC2)nc2cc3c(cc2c1=O)OCCO3. The molecule has 3 heterocycles. The number of sulfonamides is 1. The van der Waals surface area contributed by atoms with E-state index < -0.39 is 10.0 Å². The Balaban J connectivity index is 1.45.